The number of halogens is 1. The number of benzene rings is 2. The molecule has 1 N–H and O–H groups in total. The monoisotopic (exact) mass is 470 g/mol. The smallest absolute Gasteiger partial charge is 0.229 e. The maximum Gasteiger partial charge on any atom is 0.229 e. The predicted molar refractivity (Wildman–Crippen MR) is 124 cm³/mol. The Bertz CT molecular complexity index is 939. The zero-order valence-electron chi connectivity index (χ0n) is 17.4. The lowest BCUT2D eigenvalue weighted by Gasteiger charge is -2.35. The second kappa shape index (κ2) is 8.78. The van der Waals surface area contributed by atoms with Crippen molar-refractivity contribution < 1.29 is 9.59 Å². The summed E-state index contributed by atoms with van der Waals surface area (Å²) in [5, 5.41) is 3.01. The van der Waals surface area contributed by atoms with Gasteiger partial charge in [0.2, 0.25) is 11.8 Å². The summed E-state index contributed by atoms with van der Waals surface area (Å²) in [6.07, 6.45) is 0.236. The maximum absolute atomic E-state index is 12.8. The largest absolute Gasteiger partial charge is 0.369 e. The molecule has 2 heterocycles. The molecule has 4 rings (SSSR count). The average molecular weight is 471 g/mol. The SMILES string of the molecule is Cc1cc(NC(=O)C2CC(=O)N(c3ccc(Br)cc3)C2)ccc1N1CCN(C)CC1. The first kappa shape index (κ1) is 20.9. The van der Waals surface area contributed by atoms with Crippen molar-refractivity contribution in [2.24, 2.45) is 5.92 Å². The third kappa shape index (κ3) is 4.52. The van der Waals surface area contributed by atoms with E-state index >= 15 is 0 Å². The molecule has 30 heavy (non-hydrogen) atoms. The molecule has 2 aromatic carbocycles. The first-order valence-electron chi connectivity index (χ1n) is 10.3. The summed E-state index contributed by atoms with van der Waals surface area (Å²) in [6, 6.07) is 13.7. The van der Waals surface area contributed by atoms with E-state index in [9.17, 15) is 9.59 Å². The minimum atomic E-state index is -0.348. The summed E-state index contributed by atoms with van der Waals surface area (Å²) < 4.78 is 0.961. The van der Waals surface area contributed by atoms with Gasteiger partial charge in [0, 0.05) is 60.7 Å². The summed E-state index contributed by atoms with van der Waals surface area (Å²) in [7, 11) is 2.15. The van der Waals surface area contributed by atoms with Crippen molar-refractivity contribution in [3.8, 4) is 0 Å². The molecule has 1 unspecified atom stereocenters. The van der Waals surface area contributed by atoms with Crippen LogP contribution in [0.4, 0.5) is 17.1 Å². The molecule has 1 atom stereocenters. The Morgan fingerprint density at radius 3 is 2.43 bits per heavy atom. The van der Waals surface area contributed by atoms with Gasteiger partial charge in [0.1, 0.15) is 0 Å². The highest BCUT2D eigenvalue weighted by atomic mass is 79.9. The zero-order valence-corrected chi connectivity index (χ0v) is 19.0. The lowest BCUT2D eigenvalue weighted by molar-refractivity contribution is -0.122. The highest BCUT2D eigenvalue weighted by molar-refractivity contribution is 9.10. The summed E-state index contributed by atoms with van der Waals surface area (Å²) in [5.41, 5.74) is 3.98. The van der Waals surface area contributed by atoms with E-state index in [2.05, 4.69) is 51.1 Å². The molecule has 2 saturated heterocycles. The van der Waals surface area contributed by atoms with Crippen LogP contribution in [0.1, 0.15) is 12.0 Å². The molecule has 2 amide bonds. The second-order valence-corrected chi connectivity index (χ2v) is 9.08. The van der Waals surface area contributed by atoms with Gasteiger partial charge in [0.25, 0.3) is 0 Å². The Balaban J connectivity index is 1.39. The Labute approximate surface area is 186 Å². The van der Waals surface area contributed by atoms with Gasteiger partial charge in [-0.1, -0.05) is 15.9 Å². The Morgan fingerprint density at radius 2 is 1.77 bits per heavy atom. The van der Waals surface area contributed by atoms with Crippen molar-refractivity contribution in [1.82, 2.24) is 4.90 Å². The van der Waals surface area contributed by atoms with Crippen molar-refractivity contribution in [3.05, 3.63) is 52.5 Å². The van der Waals surface area contributed by atoms with Crippen molar-refractivity contribution in [1.29, 1.82) is 0 Å². The van der Waals surface area contributed by atoms with E-state index in [-0.39, 0.29) is 24.2 Å². The van der Waals surface area contributed by atoms with Crippen LogP contribution in [-0.2, 0) is 9.59 Å². The van der Waals surface area contributed by atoms with E-state index < -0.39 is 0 Å². The fourth-order valence-corrected chi connectivity index (χ4v) is 4.40. The van der Waals surface area contributed by atoms with Gasteiger partial charge in [-0.15, -0.1) is 0 Å². The molecule has 0 aliphatic carbocycles. The standard InChI is InChI=1S/C23H27BrN4O2/c1-16-13-19(5-8-21(16)27-11-9-26(2)10-12-27)25-23(30)17-14-22(29)28(15-17)20-6-3-18(24)4-7-20/h3-8,13,17H,9-12,14-15H2,1-2H3,(H,25,30). The number of rotatable bonds is 4. The zero-order chi connectivity index (χ0) is 21.3. The highest BCUT2D eigenvalue weighted by Gasteiger charge is 2.35. The maximum atomic E-state index is 12.8. The number of hydrogen-bond acceptors (Lipinski definition) is 4. The number of hydrogen-bond donors (Lipinski definition) is 1. The van der Waals surface area contributed by atoms with Crippen molar-refractivity contribution in [3.63, 3.8) is 0 Å². The molecule has 158 valence electrons. The number of piperazine rings is 1. The Hall–Kier alpha value is -2.38. The molecule has 0 spiro atoms. The van der Waals surface area contributed by atoms with E-state index in [1.165, 1.54) is 5.69 Å². The van der Waals surface area contributed by atoms with E-state index in [1.54, 1.807) is 4.90 Å². The third-order valence-electron chi connectivity index (χ3n) is 5.94. The molecule has 0 radical (unpaired) electrons. The van der Waals surface area contributed by atoms with Crippen LogP contribution in [0.5, 0.6) is 0 Å². The molecule has 2 aromatic rings. The van der Waals surface area contributed by atoms with Crippen molar-refractivity contribution in [2.75, 3.05) is 54.9 Å². The van der Waals surface area contributed by atoms with E-state index in [1.807, 2.05) is 36.4 Å². The lowest BCUT2D eigenvalue weighted by atomic mass is 10.1. The van der Waals surface area contributed by atoms with Crippen LogP contribution in [-0.4, -0.2) is 56.5 Å². The quantitative estimate of drug-likeness (QED) is 0.742. The lowest BCUT2D eigenvalue weighted by Crippen LogP contribution is -2.44. The van der Waals surface area contributed by atoms with Crippen LogP contribution >= 0.6 is 15.9 Å². The summed E-state index contributed by atoms with van der Waals surface area (Å²) in [6.45, 7) is 6.63. The van der Waals surface area contributed by atoms with Crippen LogP contribution in [0.25, 0.3) is 0 Å². The number of amides is 2. The van der Waals surface area contributed by atoms with Gasteiger partial charge in [-0.05, 0) is 62.0 Å². The van der Waals surface area contributed by atoms with E-state index in [0.717, 1.165) is 47.6 Å². The van der Waals surface area contributed by atoms with E-state index in [0.29, 0.717) is 6.54 Å². The number of anilines is 3. The minimum Gasteiger partial charge on any atom is -0.369 e. The van der Waals surface area contributed by atoms with Crippen LogP contribution in [0.3, 0.4) is 0 Å². The number of carbonyl (C=O) groups excluding carboxylic acids is 2. The molecule has 2 fully saturated rings. The minimum absolute atomic E-state index is 0.0148. The van der Waals surface area contributed by atoms with Gasteiger partial charge < -0.3 is 20.0 Å². The van der Waals surface area contributed by atoms with Crippen molar-refractivity contribution in [2.45, 2.75) is 13.3 Å². The van der Waals surface area contributed by atoms with Gasteiger partial charge in [-0.25, -0.2) is 0 Å². The fraction of sp³-hybridized carbons (Fsp3) is 0.391. The van der Waals surface area contributed by atoms with Gasteiger partial charge in [-0.3, -0.25) is 9.59 Å². The molecule has 0 saturated carbocycles. The number of nitrogens with one attached hydrogen (secondary N) is 1. The number of likely N-dealkylation sites (N-methyl/N-ethyl adjacent to an activating group) is 1. The Morgan fingerprint density at radius 1 is 1.07 bits per heavy atom. The predicted octanol–water partition coefficient (Wildman–Crippen LogP) is 3.50. The van der Waals surface area contributed by atoms with Gasteiger partial charge >= 0.3 is 0 Å². The number of nitrogens with zero attached hydrogens (tertiary/aromatic N) is 3. The number of carbonyl (C=O) groups is 2. The topological polar surface area (TPSA) is 55.9 Å². The second-order valence-electron chi connectivity index (χ2n) is 8.16. The normalized spacial score (nSPS) is 20.0. The summed E-state index contributed by atoms with van der Waals surface area (Å²) in [4.78, 5) is 31.7. The first-order valence-corrected chi connectivity index (χ1v) is 11.1. The molecule has 7 heteroatoms. The molecule has 0 bridgehead atoms. The Kier molecular flexibility index (Phi) is 6.11. The van der Waals surface area contributed by atoms with E-state index in [4.69, 9.17) is 0 Å². The third-order valence-corrected chi connectivity index (χ3v) is 6.47. The first-order chi connectivity index (χ1) is 14.4. The van der Waals surface area contributed by atoms with Crippen LogP contribution in [0.2, 0.25) is 0 Å². The van der Waals surface area contributed by atoms with Crippen LogP contribution in [0.15, 0.2) is 46.9 Å². The fourth-order valence-electron chi connectivity index (χ4n) is 4.13. The summed E-state index contributed by atoms with van der Waals surface area (Å²) >= 11 is 3.41. The highest BCUT2D eigenvalue weighted by Crippen LogP contribution is 2.28. The van der Waals surface area contributed by atoms with Gasteiger partial charge in [0.05, 0.1) is 5.92 Å². The summed E-state index contributed by atoms with van der Waals surface area (Å²) in [5.74, 6) is -0.465. The molecule has 6 nitrogen and oxygen atoms in total. The molecule has 2 aliphatic rings. The average Bonchev–Trinajstić information content (AvgIpc) is 3.11. The van der Waals surface area contributed by atoms with Gasteiger partial charge in [-0.2, -0.15) is 0 Å². The molecular weight excluding hydrogens is 444 g/mol. The van der Waals surface area contributed by atoms with Crippen molar-refractivity contribution >= 4 is 44.8 Å². The van der Waals surface area contributed by atoms with Crippen LogP contribution < -0.4 is 15.1 Å². The molecule has 0 aromatic heterocycles. The number of aryl methyl sites for hydroxylation is 1. The molecular formula is C23H27BrN4O2. The van der Waals surface area contributed by atoms with Crippen LogP contribution in [0, 0.1) is 12.8 Å². The van der Waals surface area contributed by atoms with Gasteiger partial charge in [0.15, 0.2) is 0 Å². The molecule has 2 aliphatic heterocycles.